The van der Waals surface area contributed by atoms with Gasteiger partial charge in [0.2, 0.25) is 0 Å². The molecule has 0 spiro atoms. The van der Waals surface area contributed by atoms with Crippen molar-refractivity contribution in [3.05, 3.63) is 24.3 Å². The molecule has 1 aliphatic rings. The third-order valence-electron chi connectivity index (χ3n) is 2.62. The lowest BCUT2D eigenvalue weighted by molar-refractivity contribution is -0.275. The molecule has 19 heavy (non-hydrogen) atoms. The molecule has 1 unspecified atom stereocenters. The Morgan fingerprint density at radius 3 is 2.32 bits per heavy atom. The summed E-state index contributed by atoms with van der Waals surface area (Å²) in [4.78, 5) is 11.0. The molecule has 0 saturated heterocycles. The monoisotopic (exact) mass is 276 g/mol. The van der Waals surface area contributed by atoms with E-state index >= 15 is 0 Å². The molecule has 1 atom stereocenters. The molecular formula is C12H11F3O4. The van der Waals surface area contributed by atoms with Gasteiger partial charge in [-0.25, -0.2) is 4.79 Å². The first kappa shape index (κ1) is 13.5. The number of hydrogen-bond donors (Lipinski definition) is 1. The summed E-state index contributed by atoms with van der Waals surface area (Å²) >= 11 is 0. The van der Waals surface area contributed by atoms with Crippen LogP contribution in [0.1, 0.15) is 12.8 Å². The Labute approximate surface area is 106 Å². The highest BCUT2D eigenvalue weighted by Gasteiger charge is 2.39. The SMILES string of the molecule is O=C(O)C(Oc1ccccc1OC(F)(F)F)C1CC1. The predicted octanol–water partition coefficient (Wildman–Crippen LogP) is 2.83. The van der Waals surface area contributed by atoms with Crippen LogP contribution in [-0.2, 0) is 4.79 Å². The minimum absolute atomic E-state index is 0.156. The normalized spacial score (nSPS) is 16.8. The van der Waals surface area contributed by atoms with Crippen molar-refractivity contribution in [2.75, 3.05) is 0 Å². The Balaban J connectivity index is 2.17. The second-order valence-electron chi connectivity index (χ2n) is 4.21. The average Bonchev–Trinajstić information content (AvgIpc) is 3.09. The van der Waals surface area contributed by atoms with E-state index < -0.39 is 24.2 Å². The van der Waals surface area contributed by atoms with Crippen molar-refractivity contribution < 1.29 is 32.5 Å². The van der Waals surface area contributed by atoms with Gasteiger partial charge in [0.15, 0.2) is 17.6 Å². The lowest BCUT2D eigenvalue weighted by Crippen LogP contribution is -2.29. The summed E-state index contributed by atoms with van der Waals surface area (Å²) in [6.07, 6.45) is -4.60. The number of carboxylic acids is 1. The number of halogens is 3. The van der Waals surface area contributed by atoms with E-state index in [1.807, 2.05) is 0 Å². The van der Waals surface area contributed by atoms with Crippen LogP contribution in [0.5, 0.6) is 11.5 Å². The molecule has 1 aliphatic carbocycles. The quantitative estimate of drug-likeness (QED) is 0.898. The molecule has 1 saturated carbocycles. The Hall–Kier alpha value is -1.92. The number of benzene rings is 1. The van der Waals surface area contributed by atoms with E-state index in [0.717, 1.165) is 6.07 Å². The maximum Gasteiger partial charge on any atom is 0.573 e. The molecule has 0 amide bonds. The van der Waals surface area contributed by atoms with Gasteiger partial charge in [-0.05, 0) is 25.0 Å². The van der Waals surface area contributed by atoms with Gasteiger partial charge in [-0.3, -0.25) is 0 Å². The number of rotatable bonds is 5. The van der Waals surface area contributed by atoms with Crippen molar-refractivity contribution in [1.29, 1.82) is 0 Å². The molecule has 0 heterocycles. The van der Waals surface area contributed by atoms with Crippen LogP contribution in [0, 0.1) is 5.92 Å². The average molecular weight is 276 g/mol. The second-order valence-corrected chi connectivity index (χ2v) is 4.21. The largest absolute Gasteiger partial charge is 0.573 e. The van der Waals surface area contributed by atoms with Gasteiger partial charge >= 0.3 is 12.3 Å². The zero-order valence-corrected chi connectivity index (χ0v) is 9.68. The second kappa shape index (κ2) is 4.99. The van der Waals surface area contributed by atoms with Crippen molar-refractivity contribution in [2.24, 2.45) is 5.92 Å². The van der Waals surface area contributed by atoms with Crippen LogP contribution in [0.15, 0.2) is 24.3 Å². The predicted molar refractivity (Wildman–Crippen MR) is 57.9 cm³/mol. The van der Waals surface area contributed by atoms with Crippen LogP contribution in [0.4, 0.5) is 13.2 Å². The molecule has 0 aliphatic heterocycles. The number of ether oxygens (including phenoxy) is 2. The van der Waals surface area contributed by atoms with Gasteiger partial charge in [0.1, 0.15) is 0 Å². The molecule has 1 fully saturated rings. The van der Waals surface area contributed by atoms with E-state index in [9.17, 15) is 18.0 Å². The minimum atomic E-state index is -4.85. The highest BCUT2D eigenvalue weighted by molar-refractivity contribution is 5.73. The van der Waals surface area contributed by atoms with Crippen LogP contribution < -0.4 is 9.47 Å². The lowest BCUT2D eigenvalue weighted by atomic mass is 10.2. The zero-order valence-electron chi connectivity index (χ0n) is 9.68. The number of alkyl halides is 3. The van der Waals surface area contributed by atoms with Crippen LogP contribution in [-0.4, -0.2) is 23.5 Å². The highest BCUT2D eigenvalue weighted by Crippen LogP contribution is 2.38. The molecule has 2 rings (SSSR count). The smallest absolute Gasteiger partial charge is 0.478 e. The molecular weight excluding hydrogens is 265 g/mol. The molecule has 104 valence electrons. The topological polar surface area (TPSA) is 55.8 Å². The summed E-state index contributed by atoms with van der Waals surface area (Å²) in [6.45, 7) is 0. The fourth-order valence-corrected chi connectivity index (χ4v) is 1.64. The molecule has 0 radical (unpaired) electrons. The number of aliphatic carboxylic acids is 1. The molecule has 7 heteroatoms. The van der Waals surface area contributed by atoms with Gasteiger partial charge in [-0.2, -0.15) is 0 Å². The maximum atomic E-state index is 12.2. The summed E-state index contributed by atoms with van der Waals surface area (Å²) in [5, 5.41) is 8.98. The summed E-state index contributed by atoms with van der Waals surface area (Å²) in [6, 6.07) is 5.12. The molecule has 1 aromatic carbocycles. The van der Waals surface area contributed by atoms with Gasteiger partial charge in [-0.1, -0.05) is 12.1 Å². The third-order valence-corrected chi connectivity index (χ3v) is 2.62. The minimum Gasteiger partial charge on any atom is -0.478 e. The van der Waals surface area contributed by atoms with Gasteiger partial charge in [-0.15, -0.1) is 13.2 Å². The van der Waals surface area contributed by atoms with E-state index in [1.54, 1.807) is 0 Å². The van der Waals surface area contributed by atoms with Gasteiger partial charge in [0.05, 0.1) is 0 Å². The first-order valence-corrected chi connectivity index (χ1v) is 5.61. The fourth-order valence-electron chi connectivity index (χ4n) is 1.64. The Morgan fingerprint density at radius 2 is 1.84 bits per heavy atom. The standard InChI is InChI=1S/C12H11F3O4/c13-12(14,15)19-9-4-2-1-3-8(9)18-10(11(16)17)7-5-6-7/h1-4,7,10H,5-6H2,(H,16,17). The van der Waals surface area contributed by atoms with Gasteiger partial charge in [0.25, 0.3) is 0 Å². The van der Waals surface area contributed by atoms with Crippen LogP contribution in [0.25, 0.3) is 0 Å². The van der Waals surface area contributed by atoms with Crippen molar-refractivity contribution in [1.82, 2.24) is 0 Å². The van der Waals surface area contributed by atoms with E-state index in [0.29, 0.717) is 12.8 Å². The molecule has 1 N–H and O–H groups in total. The van der Waals surface area contributed by atoms with Gasteiger partial charge in [0, 0.05) is 5.92 Å². The number of carbonyl (C=O) groups is 1. The highest BCUT2D eigenvalue weighted by atomic mass is 19.4. The summed E-state index contributed by atoms with van der Waals surface area (Å²) in [5.41, 5.74) is 0. The van der Waals surface area contributed by atoms with E-state index in [4.69, 9.17) is 9.84 Å². The number of para-hydroxylation sites is 2. The maximum absolute atomic E-state index is 12.2. The first-order valence-electron chi connectivity index (χ1n) is 5.61. The molecule has 4 nitrogen and oxygen atoms in total. The van der Waals surface area contributed by atoms with E-state index in [2.05, 4.69) is 4.74 Å². The lowest BCUT2D eigenvalue weighted by Gasteiger charge is -2.18. The Kier molecular flexibility index (Phi) is 3.55. The summed E-state index contributed by atoms with van der Waals surface area (Å²) in [7, 11) is 0. The molecule has 1 aromatic rings. The van der Waals surface area contributed by atoms with E-state index in [-0.39, 0.29) is 11.7 Å². The van der Waals surface area contributed by atoms with E-state index in [1.165, 1.54) is 18.2 Å². The molecule has 0 bridgehead atoms. The summed E-state index contributed by atoms with van der Waals surface area (Å²) < 4.78 is 45.5. The Bertz CT molecular complexity index is 468. The third kappa shape index (κ3) is 3.77. The number of hydrogen-bond acceptors (Lipinski definition) is 3. The van der Waals surface area contributed by atoms with Crippen molar-refractivity contribution in [2.45, 2.75) is 25.3 Å². The fraction of sp³-hybridized carbons (Fsp3) is 0.417. The molecule has 0 aromatic heterocycles. The van der Waals surface area contributed by atoms with Crippen LogP contribution >= 0.6 is 0 Å². The van der Waals surface area contributed by atoms with Crippen molar-refractivity contribution >= 4 is 5.97 Å². The summed E-state index contributed by atoms with van der Waals surface area (Å²) in [5.74, 6) is -2.11. The zero-order chi connectivity index (χ0) is 14.0. The van der Waals surface area contributed by atoms with Gasteiger partial charge < -0.3 is 14.6 Å². The number of carboxylic acid groups (broad SMARTS) is 1. The Morgan fingerprint density at radius 1 is 1.26 bits per heavy atom. The van der Waals surface area contributed by atoms with Crippen molar-refractivity contribution in [3.8, 4) is 11.5 Å². The first-order chi connectivity index (χ1) is 8.87. The van der Waals surface area contributed by atoms with Crippen LogP contribution in [0.2, 0.25) is 0 Å². The van der Waals surface area contributed by atoms with Crippen molar-refractivity contribution in [3.63, 3.8) is 0 Å². The van der Waals surface area contributed by atoms with Crippen LogP contribution in [0.3, 0.4) is 0 Å².